The lowest BCUT2D eigenvalue weighted by Gasteiger charge is -2.07. The molecule has 3 rings (SSSR count). The maximum absolute atomic E-state index is 6.11. The monoisotopic (exact) mass is 314 g/mol. The summed E-state index contributed by atoms with van der Waals surface area (Å²) in [5, 5.41) is 4.23. The molecule has 0 saturated carbocycles. The van der Waals surface area contributed by atoms with E-state index in [2.05, 4.69) is 26.6 Å². The highest BCUT2D eigenvalue weighted by Crippen LogP contribution is 2.17. The van der Waals surface area contributed by atoms with E-state index in [4.69, 9.17) is 11.6 Å². The Hall–Kier alpha value is -1.91. The number of aryl methyl sites for hydroxylation is 1. The lowest BCUT2D eigenvalue weighted by molar-refractivity contribution is 0.665. The van der Waals surface area contributed by atoms with Gasteiger partial charge in [-0.3, -0.25) is 4.98 Å². The normalized spacial score (nSPS) is 11.2. The maximum Gasteiger partial charge on any atom is 0.137 e. The average molecular weight is 315 g/mol. The van der Waals surface area contributed by atoms with E-state index in [9.17, 15) is 0 Å². The van der Waals surface area contributed by atoms with Crippen molar-refractivity contribution in [2.75, 3.05) is 6.54 Å². The highest BCUT2D eigenvalue weighted by atomic mass is 35.5. The molecule has 0 atom stereocenters. The molecule has 0 aliphatic heterocycles. The first kappa shape index (κ1) is 15.0. The molecule has 5 heteroatoms. The van der Waals surface area contributed by atoms with Crippen molar-refractivity contribution in [1.82, 2.24) is 19.7 Å². The van der Waals surface area contributed by atoms with Crippen LogP contribution in [0.4, 0.5) is 0 Å². The van der Waals surface area contributed by atoms with Gasteiger partial charge in [-0.25, -0.2) is 4.98 Å². The molecule has 0 unspecified atom stereocenters. The minimum absolute atomic E-state index is 0.727. The lowest BCUT2D eigenvalue weighted by atomic mass is 10.2. The molecular weight excluding hydrogens is 296 g/mol. The molecule has 3 heterocycles. The number of hydrogen-bond donors (Lipinski definition) is 1. The fourth-order valence-electron chi connectivity index (χ4n) is 2.58. The molecule has 0 aliphatic rings. The van der Waals surface area contributed by atoms with Gasteiger partial charge in [-0.15, -0.1) is 0 Å². The van der Waals surface area contributed by atoms with Gasteiger partial charge in [0.05, 0.1) is 16.4 Å². The van der Waals surface area contributed by atoms with E-state index < -0.39 is 0 Å². The smallest absolute Gasteiger partial charge is 0.137 e. The summed E-state index contributed by atoms with van der Waals surface area (Å²) in [5.74, 6) is 0. The molecule has 114 valence electrons. The Labute approximate surface area is 135 Å². The Morgan fingerprint density at radius 2 is 2.00 bits per heavy atom. The van der Waals surface area contributed by atoms with Crippen molar-refractivity contribution in [3.63, 3.8) is 0 Å². The van der Waals surface area contributed by atoms with Crippen molar-refractivity contribution in [1.29, 1.82) is 0 Å². The van der Waals surface area contributed by atoms with Crippen molar-refractivity contribution >= 4 is 17.2 Å². The van der Waals surface area contributed by atoms with E-state index >= 15 is 0 Å². The number of halogens is 1. The van der Waals surface area contributed by atoms with Crippen LogP contribution in [0.25, 0.3) is 5.65 Å². The van der Waals surface area contributed by atoms with Crippen LogP contribution >= 0.6 is 11.6 Å². The first-order chi connectivity index (χ1) is 10.8. The molecule has 0 saturated heterocycles. The van der Waals surface area contributed by atoms with Gasteiger partial charge in [-0.1, -0.05) is 18.5 Å². The van der Waals surface area contributed by atoms with Gasteiger partial charge in [-0.2, -0.15) is 0 Å². The average Bonchev–Trinajstić information content (AvgIpc) is 2.89. The second-order valence-corrected chi connectivity index (χ2v) is 5.65. The zero-order valence-corrected chi connectivity index (χ0v) is 13.3. The van der Waals surface area contributed by atoms with Crippen LogP contribution in [-0.4, -0.2) is 20.9 Å². The van der Waals surface area contributed by atoms with Crippen LogP contribution in [0.15, 0.2) is 42.9 Å². The minimum atomic E-state index is 0.727. The quantitative estimate of drug-likeness (QED) is 0.710. The highest BCUT2D eigenvalue weighted by Gasteiger charge is 2.10. The van der Waals surface area contributed by atoms with Crippen molar-refractivity contribution in [2.45, 2.75) is 26.3 Å². The summed E-state index contributed by atoms with van der Waals surface area (Å²) >= 11 is 6.11. The van der Waals surface area contributed by atoms with Gasteiger partial charge in [0, 0.05) is 25.1 Å². The summed E-state index contributed by atoms with van der Waals surface area (Å²) in [5.41, 5.74) is 4.56. The standard InChI is InChI=1S/C17H19ClN4/c1-2-15-16(22-12-14(18)3-4-17(22)21-15)11-20-10-7-13-5-8-19-9-6-13/h3-6,8-9,12,20H,2,7,10-11H2,1H3. The number of fused-ring (bicyclic) bond motifs is 1. The zero-order valence-electron chi connectivity index (χ0n) is 12.6. The van der Waals surface area contributed by atoms with Crippen LogP contribution in [0.2, 0.25) is 5.02 Å². The summed E-state index contributed by atoms with van der Waals surface area (Å²) < 4.78 is 2.08. The number of pyridine rings is 2. The van der Waals surface area contributed by atoms with Gasteiger partial charge in [0.15, 0.2) is 0 Å². The van der Waals surface area contributed by atoms with E-state index in [0.29, 0.717) is 0 Å². The molecule has 0 spiro atoms. The molecular formula is C17H19ClN4. The van der Waals surface area contributed by atoms with Gasteiger partial charge >= 0.3 is 0 Å². The van der Waals surface area contributed by atoms with Gasteiger partial charge in [0.1, 0.15) is 5.65 Å². The predicted octanol–water partition coefficient (Wildman–Crippen LogP) is 3.28. The van der Waals surface area contributed by atoms with E-state index in [1.54, 1.807) is 0 Å². The number of nitrogens with zero attached hydrogens (tertiary/aromatic N) is 3. The molecule has 0 aliphatic carbocycles. The molecule has 3 aromatic heterocycles. The first-order valence-corrected chi connectivity index (χ1v) is 7.90. The Kier molecular flexibility index (Phi) is 4.71. The van der Waals surface area contributed by atoms with Gasteiger partial charge in [0.25, 0.3) is 0 Å². The van der Waals surface area contributed by atoms with E-state index in [1.165, 1.54) is 11.3 Å². The Morgan fingerprint density at radius 3 is 2.77 bits per heavy atom. The Morgan fingerprint density at radius 1 is 1.18 bits per heavy atom. The van der Waals surface area contributed by atoms with E-state index in [-0.39, 0.29) is 0 Å². The van der Waals surface area contributed by atoms with Crippen LogP contribution in [0, 0.1) is 0 Å². The molecule has 0 fully saturated rings. The highest BCUT2D eigenvalue weighted by molar-refractivity contribution is 6.30. The molecule has 0 amide bonds. The van der Waals surface area contributed by atoms with Crippen molar-refractivity contribution < 1.29 is 0 Å². The lowest BCUT2D eigenvalue weighted by Crippen LogP contribution is -2.18. The Balaban J connectivity index is 1.69. The van der Waals surface area contributed by atoms with Gasteiger partial charge < -0.3 is 9.72 Å². The topological polar surface area (TPSA) is 42.2 Å². The second kappa shape index (κ2) is 6.90. The number of nitrogens with one attached hydrogen (secondary N) is 1. The van der Waals surface area contributed by atoms with Crippen molar-refractivity contribution in [3.8, 4) is 0 Å². The van der Waals surface area contributed by atoms with Crippen LogP contribution in [0.3, 0.4) is 0 Å². The third-order valence-electron chi connectivity index (χ3n) is 3.73. The Bertz CT molecular complexity index is 752. The van der Waals surface area contributed by atoms with Crippen molar-refractivity contribution in [2.24, 2.45) is 0 Å². The van der Waals surface area contributed by atoms with E-state index in [0.717, 1.165) is 42.3 Å². The maximum atomic E-state index is 6.11. The number of imidazole rings is 1. The third-order valence-corrected chi connectivity index (χ3v) is 3.96. The molecule has 22 heavy (non-hydrogen) atoms. The number of hydrogen-bond acceptors (Lipinski definition) is 3. The van der Waals surface area contributed by atoms with Crippen LogP contribution < -0.4 is 5.32 Å². The molecule has 0 aromatic carbocycles. The largest absolute Gasteiger partial charge is 0.311 e. The number of aromatic nitrogens is 3. The summed E-state index contributed by atoms with van der Waals surface area (Å²) in [6.45, 7) is 3.83. The molecule has 3 aromatic rings. The van der Waals surface area contributed by atoms with Gasteiger partial charge in [-0.05, 0) is 49.2 Å². The molecule has 4 nitrogen and oxygen atoms in total. The summed E-state index contributed by atoms with van der Waals surface area (Å²) in [6, 6.07) is 7.94. The van der Waals surface area contributed by atoms with E-state index in [1.807, 2.05) is 42.9 Å². The zero-order chi connectivity index (χ0) is 15.4. The van der Waals surface area contributed by atoms with Gasteiger partial charge in [0.2, 0.25) is 0 Å². The summed E-state index contributed by atoms with van der Waals surface area (Å²) in [4.78, 5) is 8.70. The van der Waals surface area contributed by atoms with Crippen LogP contribution in [0.5, 0.6) is 0 Å². The molecule has 1 N–H and O–H groups in total. The summed E-state index contributed by atoms with van der Waals surface area (Å²) in [7, 11) is 0. The van der Waals surface area contributed by atoms with Crippen molar-refractivity contribution in [3.05, 3.63) is 64.8 Å². The first-order valence-electron chi connectivity index (χ1n) is 7.53. The third kappa shape index (κ3) is 3.29. The van der Waals surface area contributed by atoms with Crippen LogP contribution in [0.1, 0.15) is 23.9 Å². The van der Waals surface area contributed by atoms with Crippen LogP contribution in [-0.2, 0) is 19.4 Å². The SMILES string of the molecule is CCc1nc2ccc(Cl)cn2c1CNCCc1ccncc1. The minimum Gasteiger partial charge on any atom is -0.311 e. The number of rotatable bonds is 6. The molecule has 0 bridgehead atoms. The fraction of sp³-hybridized carbons (Fsp3) is 0.294. The summed E-state index contributed by atoms with van der Waals surface area (Å²) in [6.07, 6.45) is 7.50. The predicted molar refractivity (Wildman–Crippen MR) is 89.2 cm³/mol. The molecule has 0 radical (unpaired) electrons. The second-order valence-electron chi connectivity index (χ2n) is 5.22. The fourth-order valence-corrected chi connectivity index (χ4v) is 2.74.